The molecule has 2 nitrogen and oxygen atoms in total. The van der Waals surface area contributed by atoms with Crippen LogP contribution in [0.2, 0.25) is 0 Å². The summed E-state index contributed by atoms with van der Waals surface area (Å²) in [4.78, 5) is 12.6. The molecule has 4 rings (SSSR count). The van der Waals surface area contributed by atoms with Gasteiger partial charge in [-0.2, -0.15) is 0 Å². The number of aliphatic hydroxyl groups is 1. The molecule has 1 N–H and O–H groups in total. The van der Waals surface area contributed by atoms with Crippen LogP contribution in [0.15, 0.2) is 11.6 Å². The van der Waals surface area contributed by atoms with Crippen molar-refractivity contribution in [3.8, 4) is 0 Å². The summed E-state index contributed by atoms with van der Waals surface area (Å²) < 4.78 is 0. The van der Waals surface area contributed by atoms with E-state index in [-0.39, 0.29) is 11.3 Å². The molecule has 0 heterocycles. The van der Waals surface area contributed by atoms with Gasteiger partial charge in [0.05, 0.1) is 6.10 Å². The number of aldehydes is 1. The van der Waals surface area contributed by atoms with Gasteiger partial charge >= 0.3 is 0 Å². The fourth-order valence-corrected chi connectivity index (χ4v) is 12.6. The summed E-state index contributed by atoms with van der Waals surface area (Å²) >= 11 is 0. The molecule has 4 aliphatic carbocycles. The number of fused-ring (bicyclic) bond motifs is 5. The molecule has 0 aromatic carbocycles. The molecule has 3 saturated carbocycles. The summed E-state index contributed by atoms with van der Waals surface area (Å²) in [5.74, 6) is 4.95. The van der Waals surface area contributed by atoms with Gasteiger partial charge in [-0.15, -0.1) is 0 Å². The molecule has 10 atom stereocenters. The molecular weight excluding hydrogens is 585 g/mol. The molecule has 278 valence electrons. The first-order chi connectivity index (χ1) is 23.2. The number of aliphatic hydroxyl groups excluding tert-OH is 1. The SMILES string of the molecule is CCCCCCCCCCCCCCCCCCC1C(C=O)[C@H](O)CC2=CC[C@H]3[C@@H]4CC[C@H]([C@H](C)CCCC(C)C)[C@@]4(C)CC[C@@H]3[C@]21C. The molecule has 4 aliphatic rings. The van der Waals surface area contributed by atoms with Gasteiger partial charge in [-0.05, 0) is 97.2 Å². The van der Waals surface area contributed by atoms with Crippen molar-refractivity contribution in [3.05, 3.63) is 11.6 Å². The maximum absolute atomic E-state index is 12.6. The number of carbonyl (C=O) groups excluding carboxylic acids is 1. The second-order valence-electron chi connectivity index (χ2n) is 18.8. The zero-order valence-electron chi connectivity index (χ0n) is 33.1. The molecule has 2 unspecified atom stereocenters. The van der Waals surface area contributed by atoms with Crippen molar-refractivity contribution in [1.82, 2.24) is 0 Å². The number of rotatable bonds is 23. The molecule has 0 aromatic heterocycles. The topological polar surface area (TPSA) is 37.3 Å². The average molecular weight is 667 g/mol. The van der Waals surface area contributed by atoms with Crippen molar-refractivity contribution in [2.24, 2.45) is 58.2 Å². The third-order valence-electron chi connectivity index (χ3n) is 15.4. The van der Waals surface area contributed by atoms with Gasteiger partial charge in [0.2, 0.25) is 0 Å². The smallest absolute Gasteiger partial charge is 0.125 e. The molecule has 0 bridgehead atoms. The van der Waals surface area contributed by atoms with Gasteiger partial charge in [0.25, 0.3) is 0 Å². The van der Waals surface area contributed by atoms with Crippen molar-refractivity contribution >= 4 is 6.29 Å². The summed E-state index contributed by atoms with van der Waals surface area (Å²) in [5, 5.41) is 11.2. The van der Waals surface area contributed by atoms with E-state index in [4.69, 9.17) is 0 Å². The Kier molecular flexibility index (Phi) is 16.6. The largest absolute Gasteiger partial charge is 0.392 e. The lowest BCUT2D eigenvalue weighted by atomic mass is 9.43. The van der Waals surface area contributed by atoms with E-state index >= 15 is 0 Å². The summed E-state index contributed by atoms with van der Waals surface area (Å²) in [6.07, 6.45) is 38.4. The molecule has 0 amide bonds. The quantitative estimate of drug-likeness (QED) is 0.0669. The second kappa shape index (κ2) is 19.8. The van der Waals surface area contributed by atoms with Gasteiger partial charge in [-0.1, -0.05) is 175 Å². The van der Waals surface area contributed by atoms with E-state index in [0.717, 1.165) is 42.4 Å². The Labute approximate surface area is 299 Å². The first kappa shape index (κ1) is 40.1. The highest BCUT2D eigenvalue weighted by Gasteiger charge is 2.62. The fourth-order valence-electron chi connectivity index (χ4n) is 12.6. The first-order valence-electron chi connectivity index (χ1n) is 22.0. The Bertz CT molecular complexity index is 952. The van der Waals surface area contributed by atoms with Crippen molar-refractivity contribution in [2.75, 3.05) is 0 Å². The summed E-state index contributed by atoms with van der Waals surface area (Å²) in [6.45, 7) is 14.9. The highest BCUT2D eigenvalue weighted by Crippen LogP contribution is 2.69. The molecule has 3 fully saturated rings. The van der Waals surface area contributed by atoms with Crippen LogP contribution >= 0.6 is 0 Å². The minimum absolute atomic E-state index is 0.0888. The maximum atomic E-state index is 12.6. The molecular formula is C46H82O2. The normalized spacial score (nSPS) is 35.2. The lowest BCUT2D eigenvalue weighted by Crippen LogP contribution is -2.56. The zero-order valence-corrected chi connectivity index (χ0v) is 33.1. The molecule has 0 spiro atoms. The fraction of sp³-hybridized carbons (Fsp3) is 0.935. The third kappa shape index (κ3) is 9.82. The van der Waals surface area contributed by atoms with Gasteiger partial charge in [0, 0.05) is 5.92 Å². The Hall–Kier alpha value is -0.630. The number of allylic oxidation sites excluding steroid dienone is 1. The Morgan fingerprint density at radius 2 is 1.35 bits per heavy atom. The standard InChI is InChI=1S/C46H82O2/c1-7-8-9-10-11-12-13-14-15-16-17-18-19-20-21-22-26-42-39(34-47)44(48)33-37-27-28-38-41-30-29-40(36(4)25-23-24-35(2)3)45(41,5)32-31-43(38)46(37,42)6/h27,34-36,38-44,48H,7-26,28-33H2,1-6H3/t36-,38+,39?,40-,41+,42?,43+,44-,45-,46-/m1/s1. The summed E-state index contributed by atoms with van der Waals surface area (Å²) in [6, 6.07) is 0. The maximum Gasteiger partial charge on any atom is 0.125 e. The van der Waals surface area contributed by atoms with Crippen LogP contribution in [0.5, 0.6) is 0 Å². The van der Waals surface area contributed by atoms with Crippen LogP contribution in [-0.4, -0.2) is 17.5 Å². The predicted octanol–water partition coefficient (Wildman–Crippen LogP) is 13.7. The number of unbranched alkanes of at least 4 members (excludes halogenated alkanes) is 15. The number of carbonyl (C=O) groups is 1. The van der Waals surface area contributed by atoms with E-state index in [2.05, 4.69) is 47.6 Å². The third-order valence-corrected chi connectivity index (χ3v) is 15.4. The Morgan fingerprint density at radius 3 is 1.92 bits per heavy atom. The molecule has 2 heteroatoms. The van der Waals surface area contributed by atoms with E-state index in [9.17, 15) is 9.90 Å². The molecule has 0 radical (unpaired) electrons. The van der Waals surface area contributed by atoms with Gasteiger partial charge < -0.3 is 9.90 Å². The van der Waals surface area contributed by atoms with Crippen LogP contribution in [0.4, 0.5) is 0 Å². The van der Waals surface area contributed by atoms with Crippen LogP contribution in [0.3, 0.4) is 0 Å². The number of hydrogen-bond donors (Lipinski definition) is 1. The molecule has 48 heavy (non-hydrogen) atoms. The minimum Gasteiger partial charge on any atom is -0.392 e. The first-order valence-corrected chi connectivity index (χ1v) is 22.0. The van der Waals surface area contributed by atoms with Gasteiger partial charge in [0.15, 0.2) is 0 Å². The lowest BCUT2D eigenvalue weighted by Gasteiger charge is -2.61. The summed E-state index contributed by atoms with van der Waals surface area (Å²) in [5.41, 5.74) is 2.10. The highest BCUT2D eigenvalue weighted by molar-refractivity contribution is 5.57. The lowest BCUT2D eigenvalue weighted by molar-refractivity contribution is -0.131. The molecule has 0 aliphatic heterocycles. The van der Waals surface area contributed by atoms with Crippen LogP contribution in [0.25, 0.3) is 0 Å². The van der Waals surface area contributed by atoms with Crippen LogP contribution < -0.4 is 0 Å². The van der Waals surface area contributed by atoms with Crippen molar-refractivity contribution in [1.29, 1.82) is 0 Å². The van der Waals surface area contributed by atoms with E-state index in [1.54, 1.807) is 0 Å². The van der Waals surface area contributed by atoms with Crippen LogP contribution in [0.1, 0.15) is 208 Å². The van der Waals surface area contributed by atoms with E-state index in [0.29, 0.717) is 17.3 Å². The van der Waals surface area contributed by atoms with E-state index < -0.39 is 6.10 Å². The van der Waals surface area contributed by atoms with E-state index in [1.165, 1.54) is 166 Å². The monoisotopic (exact) mass is 667 g/mol. The molecule has 0 aromatic rings. The average Bonchev–Trinajstić information content (AvgIpc) is 3.42. The predicted molar refractivity (Wildman–Crippen MR) is 207 cm³/mol. The zero-order chi connectivity index (χ0) is 34.6. The highest BCUT2D eigenvalue weighted by atomic mass is 16.3. The van der Waals surface area contributed by atoms with Gasteiger partial charge in [0.1, 0.15) is 6.29 Å². The van der Waals surface area contributed by atoms with E-state index in [1.807, 2.05) is 0 Å². The summed E-state index contributed by atoms with van der Waals surface area (Å²) in [7, 11) is 0. The van der Waals surface area contributed by atoms with Crippen molar-refractivity contribution < 1.29 is 9.90 Å². The van der Waals surface area contributed by atoms with Gasteiger partial charge in [-0.3, -0.25) is 0 Å². The van der Waals surface area contributed by atoms with Crippen LogP contribution in [-0.2, 0) is 4.79 Å². The Morgan fingerprint density at radius 1 is 0.771 bits per heavy atom. The van der Waals surface area contributed by atoms with Crippen LogP contribution in [0, 0.1) is 58.2 Å². The van der Waals surface area contributed by atoms with Crippen molar-refractivity contribution in [3.63, 3.8) is 0 Å². The second-order valence-corrected chi connectivity index (χ2v) is 18.8. The van der Waals surface area contributed by atoms with Gasteiger partial charge in [-0.25, -0.2) is 0 Å². The van der Waals surface area contributed by atoms with Crippen molar-refractivity contribution in [2.45, 2.75) is 215 Å². The Balaban J connectivity index is 1.25. The molecule has 0 saturated heterocycles. The minimum atomic E-state index is -0.485. The number of hydrogen-bond acceptors (Lipinski definition) is 2.